The second-order valence-electron chi connectivity index (χ2n) is 5.74. The third kappa shape index (κ3) is 3.59. The summed E-state index contributed by atoms with van der Waals surface area (Å²) in [5, 5.41) is 5.84. The van der Waals surface area contributed by atoms with Gasteiger partial charge in [-0.05, 0) is 49.2 Å². The number of carbonyl (C=O) groups is 1. The van der Waals surface area contributed by atoms with E-state index in [9.17, 15) is 9.18 Å². The number of benzene rings is 2. The highest BCUT2D eigenvalue weighted by Gasteiger charge is 2.15. The molecule has 0 fully saturated rings. The lowest BCUT2D eigenvalue weighted by Gasteiger charge is -2.16. The summed E-state index contributed by atoms with van der Waals surface area (Å²) in [7, 11) is 0. The van der Waals surface area contributed by atoms with Gasteiger partial charge in [0.25, 0.3) is 0 Å². The number of hydrogen-bond donors (Lipinski definition) is 2. The van der Waals surface area contributed by atoms with Crippen molar-refractivity contribution >= 4 is 11.6 Å². The van der Waals surface area contributed by atoms with Crippen LogP contribution in [0.25, 0.3) is 0 Å². The molecule has 1 amide bonds. The Hall–Kier alpha value is -2.76. The van der Waals surface area contributed by atoms with Gasteiger partial charge in [-0.25, -0.2) is 4.39 Å². The van der Waals surface area contributed by atoms with Crippen molar-refractivity contribution < 1.29 is 18.7 Å². The van der Waals surface area contributed by atoms with E-state index in [-0.39, 0.29) is 18.5 Å². The topological polar surface area (TPSA) is 59.6 Å². The van der Waals surface area contributed by atoms with Gasteiger partial charge in [-0.1, -0.05) is 12.1 Å². The molecule has 0 bridgehead atoms. The molecule has 0 aliphatic carbocycles. The fourth-order valence-corrected chi connectivity index (χ4v) is 2.39. The predicted octanol–water partition coefficient (Wildman–Crippen LogP) is 2.98. The van der Waals surface area contributed by atoms with Crippen molar-refractivity contribution in [2.45, 2.75) is 26.4 Å². The zero-order valence-electron chi connectivity index (χ0n) is 13.6. The fraction of sp³-hybridized carbons (Fsp3) is 0.278. The Bertz CT molecular complexity index is 764. The molecule has 0 spiro atoms. The van der Waals surface area contributed by atoms with Crippen molar-refractivity contribution in [1.82, 2.24) is 5.32 Å². The van der Waals surface area contributed by atoms with E-state index in [1.807, 2.05) is 18.2 Å². The van der Waals surface area contributed by atoms with Gasteiger partial charge in [-0.2, -0.15) is 0 Å². The highest BCUT2D eigenvalue weighted by Crippen LogP contribution is 2.32. The maximum Gasteiger partial charge on any atom is 0.242 e. The average molecular weight is 330 g/mol. The van der Waals surface area contributed by atoms with Gasteiger partial charge in [-0.15, -0.1) is 0 Å². The first kappa shape index (κ1) is 16.1. The summed E-state index contributed by atoms with van der Waals surface area (Å²) in [6, 6.07) is 9.87. The molecule has 126 valence electrons. The lowest BCUT2D eigenvalue weighted by atomic mass is 10.2. The number of nitrogens with one attached hydrogen (secondary N) is 2. The molecule has 0 unspecified atom stereocenters. The van der Waals surface area contributed by atoms with Crippen LogP contribution in [0.4, 0.5) is 10.1 Å². The van der Waals surface area contributed by atoms with E-state index in [1.165, 1.54) is 6.07 Å². The third-order valence-electron chi connectivity index (χ3n) is 3.85. The first-order valence-corrected chi connectivity index (χ1v) is 7.72. The molecular formula is C18H19FN2O3. The largest absolute Gasteiger partial charge is 0.454 e. The van der Waals surface area contributed by atoms with E-state index in [0.29, 0.717) is 29.3 Å². The van der Waals surface area contributed by atoms with Crippen LogP contribution >= 0.6 is 0 Å². The van der Waals surface area contributed by atoms with Gasteiger partial charge >= 0.3 is 0 Å². The van der Waals surface area contributed by atoms with Gasteiger partial charge < -0.3 is 20.1 Å². The molecule has 1 heterocycles. The van der Waals surface area contributed by atoms with E-state index < -0.39 is 6.04 Å². The highest BCUT2D eigenvalue weighted by atomic mass is 19.1. The average Bonchev–Trinajstić information content (AvgIpc) is 3.03. The Balaban J connectivity index is 1.55. The SMILES string of the molecule is Cc1ccc(N[C@@H](C)C(=O)NCc2ccc3c(c2)OCO3)cc1F. The lowest BCUT2D eigenvalue weighted by molar-refractivity contribution is -0.121. The Labute approximate surface area is 139 Å². The van der Waals surface area contributed by atoms with Crippen LogP contribution in [-0.2, 0) is 11.3 Å². The van der Waals surface area contributed by atoms with Gasteiger partial charge in [0.15, 0.2) is 11.5 Å². The minimum Gasteiger partial charge on any atom is -0.454 e. The molecule has 3 rings (SSSR count). The van der Waals surface area contributed by atoms with E-state index in [4.69, 9.17) is 9.47 Å². The summed E-state index contributed by atoms with van der Waals surface area (Å²) >= 11 is 0. The quantitative estimate of drug-likeness (QED) is 0.885. The van der Waals surface area contributed by atoms with E-state index >= 15 is 0 Å². The summed E-state index contributed by atoms with van der Waals surface area (Å²) in [4.78, 5) is 12.2. The molecule has 2 aromatic carbocycles. The number of hydrogen-bond acceptors (Lipinski definition) is 4. The Morgan fingerprint density at radius 3 is 2.79 bits per heavy atom. The second-order valence-corrected chi connectivity index (χ2v) is 5.74. The number of anilines is 1. The second kappa shape index (κ2) is 6.78. The zero-order chi connectivity index (χ0) is 17.1. The standard InChI is InChI=1S/C18H19FN2O3/c1-11-3-5-14(8-15(11)19)21-12(2)18(22)20-9-13-4-6-16-17(7-13)24-10-23-16/h3-8,12,21H,9-10H2,1-2H3,(H,20,22)/t12-/m0/s1. The summed E-state index contributed by atoms with van der Waals surface area (Å²) in [5.41, 5.74) is 2.06. The molecule has 1 aliphatic heterocycles. The first-order chi connectivity index (χ1) is 11.5. The van der Waals surface area contributed by atoms with Gasteiger partial charge in [0.2, 0.25) is 12.7 Å². The van der Waals surface area contributed by atoms with Gasteiger partial charge in [0, 0.05) is 12.2 Å². The van der Waals surface area contributed by atoms with E-state index in [2.05, 4.69) is 10.6 Å². The summed E-state index contributed by atoms with van der Waals surface area (Å²) < 4.78 is 24.1. The monoisotopic (exact) mass is 330 g/mol. The molecule has 1 aliphatic rings. The molecule has 24 heavy (non-hydrogen) atoms. The van der Waals surface area contributed by atoms with Crippen LogP contribution in [0.1, 0.15) is 18.1 Å². The normalized spacial score (nSPS) is 13.5. The molecule has 0 saturated heterocycles. The minimum absolute atomic E-state index is 0.173. The molecule has 2 aromatic rings. The van der Waals surface area contributed by atoms with Crippen molar-refractivity contribution in [1.29, 1.82) is 0 Å². The zero-order valence-corrected chi connectivity index (χ0v) is 13.6. The van der Waals surface area contributed by atoms with Crippen molar-refractivity contribution in [3.63, 3.8) is 0 Å². The number of carbonyl (C=O) groups excluding carboxylic acids is 1. The van der Waals surface area contributed by atoms with Gasteiger partial charge in [-0.3, -0.25) is 4.79 Å². The maximum absolute atomic E-state index is 13.5. The van der Waals surface area contributed by atoms with Crippen LogP contribution in [0, 0.1) is 12.7 Å². The van der Waals surface area contributed by atoms with Crippen molar-refractivity contribution in [3.05, 3.63) is 53.3 Å². The predicted molar refractivity (Wildman–Crippen MR) is 88.6 cm³/mol. The lowest BCUT2D eigenvalue weighted by Crippen LogP contribution is -2.37. The Morgan fingerprint density at radius 2 is 2.00 bits per heavy atom. The summed E-state index contributed by atoms with van der Waals surface area (Å²) in [6.45, 7) is 4.02. The number of amides is 1. The molecule has 5 nitrogen and oxygen atoms in total. The van der Waals surface area contributed by atoms with Crippen molar-refractivity contribution in [3.8, 4) is 11.5 Å². The molecule has 0 saturated carbocycles. The number of fused-ring (bicyclic) bond motifs is 1. The van der Waals surface area contributed by atoms with E-state index in [0.717, 1.165) is 5.56 Å². The fourth-order valence-electron chi connectivity index (χ4n) is 2.39. The Morgan fingerprint density at radius 1 is 1.21 bits per heavy atom. The van der Waals surface area contributed by atoms with Crippen LogP contribution in [0.15, 0.2) is 36.4 Å². The van der Waals surface area contributed by atoms with Crippen LogP contribution in [0.3, 0.4) is 0 Å². The summed E-state index contributed by atoms with van der Waals surface area (Å²) in [6.07, 6.45) is 0. The Kier molecular flexibility index (Phi) is 4.55. The van der Waals surface area contributed by atoms with Crippen LogP contribution < -0.4 is 20.1 Å². The van der Waals surface area contributed by atoms with Gasteiger partial charge in [0.05, 0.1) is 0 Å². The molecule has 6 heteroatoms. The van der Waals surface area contributed by atoms with Crippen molar-refractivity contribution in [2.24, 2.45) is 0 Å². The first-order valence-electron chi connectivity index (χ1n) is 7.72. The number of halogens is 1. The maximum atomic E-state index is 13.5. The molecule has 2 N–H and O–H groups in total. The van der Waals surface area contributed by atoms with Crippen LogP contribution in [-0.4, -0.2) is 18.7 Å². The third-order valence-corrected chi connectivity index (χ3v) is 3.85. The number of rotatable bonds is 5. The van der Waals surface area contributed by atoms with Crippen LogP contribution in [0.2, 0.25) is 0 Å². The van der Waals surface area contributed by atoms with E-state index in [1.54, 1.807) is 26.0 Å². The molecule has 0 radical (unpaired) electrons. The van der Waals surface area contributed by atoms with Crippen molar-refractivity contribution in [2.75, 3.05) is 12.1 Å². The van der Waals surface area contributed by atoms with Crippen LogP contribution in [0.5, 0.6) is 11.5 Å². The molecule has 1 atom stereocenters. The summed E-state index contributed by atoms with van der Waals surface area (Å²) in [5.74, 6) is 0.922. The minimum atomic E-state index is -0.485. The highest BCUT2D eigenvalue weighted by molar-refractivity contribution is 5.84. The van der Waals surface area contributed by atoms with Gasteiger partial charge in [0.1, 0.15) is 11.9 Å². The smallest absolute Gasteiger partial charge is 0.242 e. The molecule has 0 aromatic heterocycles. The number of aryl methyl sites for hydroxylation is 1. The molecular weight excluding hydrogens is 311 g/mol. The number of ether oxygens (including phenoxy) is 2.